The molecule has 5 aromatic rings. The summed E-state index contributed by atoms with van der Waals surface area (Å²) in [6, 6.07) is 37.1. The molecule has 0 spiro atoms. The Balaban J connectivity index is 1.38. The van der Waals surface area contributed by atoms with Gasteiger partial charge in [0.05, 0.1) is 12.1 Å². The molecule has 0 radical (unpaired) electrons. The minimum absolute atomic E-state index is 0.00435. The van der Waals surface area contributed by atoms with Crippen molar-refractivity contribution in [3.8, 4) is 5.75 Å². The Morgan fingerprint density at radius 1 is 0.723 bits per heavy atom. The van der Waals surface area contributed by atoms with Crippen molar-refractivity contribution < 1.29 is 19.1 Å². The van der Waals surface area contributed by atoms with E-state index in [9.17, 15) is 14.4 Å². The molecule has 5 rings (SSSR count). The molecule has 1 unspecified atom stereocenters. The second kappa shape index (κ2) is 16.0. The standard InChI is InChI=1S/C37H29Cl2N3O4S/c1-46-33-20-19-28(23-31(33)39)41-37(45)34(24-11-4-2-5-12-24)47-29-17-10-16-27(22-29)40-36(44)32(21-26-15-8-9-18-30(26)38)42-35(43)25-13-6-3-7-14-25/h2-23,34H,1H3,(H,40,44)(H,41,45)(H,42,43)/b32-21+. The molecule has 0 aliphatic rings. The van der Waals surface area contributed by atoms with Crippen molar-refractivity contribution in [2.24, 2.45) is 0 Å². The molecule has 0 saturated carbocycles. The summed E-state index contributed by atoms with van der Waals surface area (Å²) in [5.41, 5.74) is 2.74. The number of methoxy groups -OCH3 is 1. The fourth-order valence-corrected chi connectivity index (χ4v) is 6.06. The summed E-state index contributed by atoms with van der Waals surface area (Å²) in [5.74, 6) is -0.754. The minimum Gasteiger partial charge on any atom is -0.495 e. The molecule has 0 aliphatic heterocycles. The number of ether oxygens (including phenoxy) is 1. The van der Waals surface area contributed by atoms with Crippen molar-refractivity contribution in [2.45, 2.75) is 10.1 Å². The topological polar surface area (TPSA) is 96.5 Å². The molecule has 5 aromatic carbocycles. The van der Waals surface area contributed by atoms with E-state index in [1.165, 1.54) is 24.9 Å². The van der Waals surface area contributed by atoms with Crippen molar-refractivity contribution in [1.29, 1.82) is 0 Å². The van der Waals surface area contributed by atoms with Crippen molar-refractivity contribution in [3.05, 3.63) is 160 Å². The highest BCUT2D eigenvalue weighted by Crippen LogP contribution is 2.38. The number of benzene rings is 5. The first-order valence-corrected chi connectivity index (χ1v) is 16.0. The van der Waals surface area contributed by atoms with Crippen LogP contribution in [-0.2, 0) is 9.59 Å². The third-order valence-electron chi connectivity index (χ3n) is 6.84. The van der Waals surface area contributed by atoms with Crippen LogP contribution in [0.5, 0.6) is 5.75 Å². The molecule has 0 bridgehead atoms. The molecule has 1 atom stereocenters. The first-order chi connectivity index (χ1) is 22.8. The van der Waals surface area contributed by atoms with Gasteiger partial charge in [0.1, 0.15) is 16.7 Å². The Morgan fingerprint density at radius 3 is 2.11 bits per heavy atom. The van der Waals surface area contributed by atoms with E-state index >= 15 is 0 Å². The molecule has 0 aliphatic carbocycles. The zero-order valence-corrected chi connectivity index (χ0v) is 27.4. The van der Waals surface area contributed by atoms with E-state index in [0.29, 0.717) is 38.3 Å². The number of hydrogen-bond acceptors (Lipinski definition) is 5. The van der Waals surface area contributed by atoms with Crippen molar-refractivity contribution in [3.63, 3.8) is 0 Å². The number of halogens is 2. The number of thioether (sulfide) groups is 1. The van der Waals surface area contributed by atoms with E-state index in [1.54, 1.807) is 91.0 Å². The van der Waals surface area contributed by atoms with Gasteiger partial charge in [-0.1, -0.05) is 96.0 Å². The first kappa shape index (κ1) is 33.3. The number of nitrogens with one attached hydrogen (secondary N) is 3. The highest BCUT2D eigenvalue weighted by atomic mass is 35.5. The van der Waals surface area contributed by atoms with E-state index in [1.807, 2.05) is 36.4 Å². The summed E-state index contributed by atoms with van der Waals surface area (Å²) in [5, 5.41) is 8.70. The molecule has 236 valence electrons. The Hall–Kier alpha value is -5.02. The maximum Gasteiger partial charge on any atom is 0.272 e. The Bertz CT molecular complexity index is 1920. The van der Waals surface area contributed by atoms with Crippen LogP contribution in [0.15, 0.2) is 138 Å². The molecule has 3 N–H and O–H groups in total. The zero-order chi connectivity index (χ0) is 33.2. The maximum absolute atomic E-state index is 13.6. The summed E-state index contributed by atoms with van der Waals surface area (Å²) < 4.78 is 5.22. The van der Waals surface area contributed by atoms with Gasteiger partial charge in [0.15, 0.2) is 0 Å². The lowest BCUT2D eigenvalue weighted by molar-refractivity contribution is -0.116. The Kier molecular flexibility index (Phi) is 11.4. The van der Waals surface area contributed by atoms with E-state index in [-0.39, 0.29) is 11.6 Å². The zero-order valence-electron chi connectivity index (χ0n) is 25.1. The second-order valence-electron chi connectivity index (χ2n) is 10.1. The van der Waals surface area contributed by atoms with E-state index in [0.717, 1.165) is 10.5 Å². The lowest BCUT2D eigenvalue weighted by atomic mass is 10.1. The molecular weight excluding hydrogens is 653 g/mol. The summed E-state index contributed by atoms with van der Waals surface area (Å²) in [7, 11) is 1.52. The monoisotopic (exact) mass is 681 g/mol. The number of carbonyl (C=O) groups is 3. The van der Waals surface area contributed by atoms with E-state index < -0.39 is 17.1 Å². The summed E-state index contributed by atoms with van der Waals surface area (Å²) >= 11 is 14.0. The average Bonchev–Trinajstić information content (AvgIpc) is 3.08. The number of hydrogen-bond donors (Lipinski definition) is 3. The average molecular weight is 683 g/mol. The predicted molar refractivity (Wildman–Crippen MR) is 190 cm³/mol. The molecule has 0 aromatic heterocycles. The fourth-order valence-electron chi connectivity index (χ4n) is 4.52. The third-order valence-corrected chi connectivity index (χ3v) is 8.73. The molecule has 7 nitrogen and oxygen atoms in total. The quantitative estimate of drug-likeness (QED) is 0.0956. The number of rotatable bonds is 11. The number of carbonyl (C=O) groups excluding carboxylic acids is 3. The summed E-state index contributed by atoms with van der Waals surface area (Å²) in [4.78, 5) is 41.0. The van der Waals surface area contributed by atoms with Crippen LogP contribution in [0.3, 0.4) is 0 Å². The normalized spacial score (nSPS) is 11.7. The van der Waals surface area contributed by atoms with Crippen LogP contribution in [0.4, 0.5) is 11.4 Å². The van der Waals surface area contributed by atoms with E-state index in [4.69, 9.17) is 27.9 Å². The van der Waals surface area contributed by atoms with Crippen molar-refractivity contribution in [2.75, 3.05) is 17.7 Å². The number of amides is 3. The van der Waals surface area contributed by atoms with Crippen LogP contribution in [0.25, 0.3) is 6.08 Å². The molecular formula is C37H29Cl2N3O4S. The SMILES string of the molecule is COc1ccc(NC(=O)C(Sc2cccc(NC(=O)/C(=C\c3ccccc3Cl)NC(=O)c3ccccc3)c2)c2ccccc2)cc1Cl. The molecule has 47 heavy (non-hydrogen) atoms. The van der Waals surface area contributed by atoms with Crippen LogP contribution >= 0.6 is 35.0 Å². The van der Waals surface area contributed by atoms with Gasteiger partial charge in [-0.3, -0.25) is 14.4 Å². The first-order valence-electron chi connectivity index (χ1n) is 14.4. The fraction of sp³-hybridized carbons (Fsp3) is 0.0541. The van der Waals surface area contributed by atoms with Gasteiger partial charge in [0, 0.05) is 26.9 Å². The molecule has 0 saturated heterocycles. The van der Waals surface area contributed by atoms with Gasteiger partial charge in [-0.15, -0.1) is 11.8 Å². The van der Waals surface area contributed by atoms with Crippen LogP contribution in [0.2, 0.25) is 10.0 Å². The van der Waals surface area contributed by atoms with Crippen LogP contribution in [0, 0.1) is 0 Å². The molecule has 3 amide bonds. The van der Waals surface area contributed by atoms with Crippen LogP contribution < -0.4 is 20.7 Å². The molecule has 10 heteroatoms. The third kappa shape index (κ3) is 9.04. The van der Waals surface area contributed by atoms with Crippen molar-refractivity contribution >= 4 is 70.1 Å². The highest BCUT2D eigenvalue weighted by molar-refractivity contribution is 8.00. The second-order valence-corrected chi connectivity index (χ2v) is 12.1. The summed E-state index contributed by atoms with van der Waals surface area (Å²) in [6.45, 7) is 0. The predicted octanol–water partition coefficient (Wildman–Crippen LogP) is 8.88. The molecule has 0 heterocycles. The highest BCUT2D eigenvalue weighted by Gasteiger charge is 2.23. The van der Waals surface area contributed by atoms with Gasteiger partial charge in [-0.25, -0.2) is 0 Å². The smallest absolute Gasteiger partial charge is 0.272 e. The van der Waals surface area contributed by atoms with Crippen molar-refractivity contribution in [1.82, 2.24) is 5.32 Å². The summed E-state index contributed by atoms with van der Waals surface area (Å²) in [6.07, 6.45) is 1.53. The maximum atomic E-state index is 13.6. The van der Waals surface area contributed by atoms with Gasteiger partial charge in [-0.05, 0) is 71.8 Å². The number of anilines is 2. The Morgan fingerprint density at radius 2 is 1.40 bits per heavy atom. The van der Waals surface area contributed by atoms with Gasteiger partial charge in [0.2, 0.25) is 5.91 Å². The van der Waals surface area contributed by atoms with Gasteiger partial charge in [-0.2, -0.15) is 0 Å². The Labute approximate surface area is 287 Å². The minimum atomic E-state index is -0.635. The van der Waals surface area contributed by atoms with Crippen LogP contribution in [-0.4, -0.2) is 24.8 Å². The lowest BCUT2D eigenvalue weighted by Gasteiger charge is -2.18. The molecule has 0 fully saturated rings. The van der Waals surface area contributed by atoms with Crippen LogP contribution in [0.1, 0.15) is 26.7 Å². The van der Waals surface area contributed by atoms with Gasteiger partial charge < -0.3 is 20.7 Å². The van der Waals surface area contributed by atoms with Gasteiger partial charge in [0.25, 0.3) is 11.8 Å². The van der Waals surface area contributed by atoms with Gasteiger partial charge >= 0.3 is 0 Å². The lowest BCUT2D eigenvalue weighted by Crippen LogP contribution is -2.30. The largest absolute Gasteiger partial charge is 0.495 e. The van der Waals surface area contributed by atoms with E-state index in [2.05, 4.69) is 16.0 Å².